The summed E-state index contributed by atoms with van der Waals surface area (Å²) in [6, 6.07) is 8.17. The van der Waals surface area contributed by atoms with Gasteiger partial charge >= 0.3 is 0 Å². The lowest BCUT2D eigenvalue weighted by Crippen LogP contribution is -2.04. The Morgan fingerprint density at radius 2 is 2.21 bits per heavy atom. The number of nitrogens with zero attached hydrogens (tertiary/aromatic N) is 2. The first-order chi connectivity index (χ1) is 9.15. The van der Waals surface area contributed by atoms with Crippen LogP contribution in [0.3, 0.4) is 0 Å². The molecule has 0 N–H and O–H groups in total. The van der Waals surface area contributed by atoms with Gasteiger partial charge in [-0.25, -0.2) is 9.97 Å². The molecule has 0 saturated heterocycles. The first-order valence-corrected chi connectivity index (χ1v) is 6.72. The Labute approximate surface area is 117 Å². The fraction of sp³-hybridized carbons (Fsp3) is 0.200. The molecular formula is C15H15FN2S. The summed E-state index contributed by atoms with van der Waals surface area (Å²) in [5.41, 5.74) is 2.93. The van der Waals surface area contributed by atoms with Crippen LogP contribution in [0.15, 0.2) is 42.1 Å². The molecule has 0 aliphatic heterocycles. The number of halogens is 1. The third kappa shape index (κ3) is 3.01. The molecular weight excluding hydrogens is 259 g/mol. The summed E-state index contributed by atoms with van der Waals surface area (Å²) < 4.78 is 12.9. The molecule has 19 heavy (non-hydrogen) atoms. The van der Waals surface area contributed by atoms with Crippen LogP contribution in [0, 0.1) is 6.92 Å². The summed E-state index contributed by atoms with van der Waals surface area (Å²) in [7, 11) is 0. The molecule has 0 fully saturated rings. The Morgan fingerprint density at radius 1 is 1.42 bits per heavy atom. The van der Waals surface area contributed by atoms with E-state index in [-0.39, 0.29) is 18.1 Å². The van der Waals surface area contributed by atoms with Gasteiger partial charge in [-0.05, 0) is 12.5 Å². The first kappa shape index (κ1) is 13.7. The van der Waals surface area contributed by atoms with E-state index in [4.69, 9.17) is 0 Å². The van der Waals surface area contributed by atoms with Crippen molar-refractivity contribution in [1.82, 2.24) is 9.97 Å². The molecule has 0 aliphatic rings. The number of hydrogen-bond donors (Lipinski definition) is 0. The van der Waals surface area contributed by atoms with Crippen LogP contribution in [0.25, 0.3) is 6.08 Å². The molecule has 0 amide bonds. The molecule has 1 aromatic heterocycles. The summed E-state index contributed by atoms with van der Waals surface area (Å²) in [6.45, 7) is 7.68. The van der Waals surface area contributed by atoms with E-state index in [1.807, 2.05) is 32.0 Å². The van der Waals surface area contributed by atoms with Crippen LogP contribution >= 0.6 is 12.1 Å². The van der Waals surface area contributed by atoms with Crippen molar-refractivity contribution in [2.24, 2.45) is 0 Å². The SMILES string of the molecule is C=Cc1cnc(C(C)c2cccc(C)c2)nc1SF. The molecule has 1 atom stereocenters. The van der Waals surface area contributed by atoms with E-state index in [0.29, 0.717) is 16.4 Å². The second kappa shape index (κ2) is 5.97. The normalized spacial score (nSPS) is 12.2. The predicted molar refractivity (Wildman–Crippen MR) is 77.8 cm³/mol. The van der Waals surface area contributed by atoms with Crippen LogP contribution in [0.4, 0.5) is 3.89 Å². The molecule has 2 nitrogen and oxygen atoms in total. The van der Waals surface area contributed by atoms with Crippen LogP contribution in [-0.2, 0) is 0 Å². The highest BCUT2D eigenvalue weighted by atomic mass is 32.2. The Kier molecular flexibility index (Phi) is 4.32. The lowest BCUT2D eigenvalue weighted by atomic mass is 9.98. The fourth-order valence-corrected chi connectivity index (χ4v) is 2.24. The Morgan fingerprint density at radius 3 is 2.84 bits per heavy atom. The van der Waals surface area contributed by atoms with Gasteiger partial charge in [-0.3, -0.25) is 0 Å². The van der Waals surface area contributed by atoms with Gasteiger partial charge in [-0.15, -0.1) is 0 Å². The maximum atomic E-state index is 12.9. The van der Waals surface area contributed by atoms with Gasteiger partial charge < -0.3 is 0 Å². The summed E-state index contributed by atoms with van der Waals surface area (Å²) in [5, 5.41) is 0.319. The third-order valence-corrected chi connectivity index (χ3v) is 3.49. The zero-order valence-electron chi connectivity index (χ0n) is 10.9. The van der Waals surface area contributed by atoms with Gasteiger partial charge in [0.1, 0.15) is 23.0 Å². The second-order valence-corrected chi connectivity index (χ2v) is 4.95. The van der Waals surface area contributed by atoms with Crippen molar-refractivity contribution < 1.29 is 3.89 Å². The summed E-state index contributed by atoms with van der Waals surface area (Å²) in [5.74, 6) is 0.654. The van der Waals surface area contributed by atoms with Gasteiger partial charge in [0.05, 0.1) is 0 Å². The Hall–Kier alpha value is -1.68. The van der Waals surface area contributed by atoms with Crippen molar-refractivity contribution in [1.29, 1.82) is 0 Å². The summed E-state index contributed by atoms with van der Waals surface area (Å²) in [4.78, 5) is 8.58. The van der Waals surface area contributed by atoms with E-state index in [9.17, 15) is 3.89 Å². The van der Waals surface area contributed by atoms with Gasteiger partial charge in [0, 0.05) is 17.7 Å². The zero-order chi connectivity index (χ0) is 13.8. The summed E-state index contributed by atoms with van der Waals surface area (Å²) >= 11 is 0.128. The maximum Gasteiger partial charge on any atom is 0.140 e. The molecule has 0 saturated carbocycles. The zero-order valence-corrected chi connectivity index (χ0v) is 11.7. The van der Waals surface area contributed by atoms with Crippen molar-refractivity contribution >= 4 is 18.2 Å². The van der Waals surface area contributed by atoms with Crippen LogP contribution in [0.5, 0.6) is 0 Å². The highest BCUT2D eigenvalue weighted by Gasteiger charge is 2.14. The minimum atomic E-state index is 0.0321. The van der Waals surface area contributed by atoms with Crippen molar-refractivity contribution in [2.75, 3.05) is 0 Å². The van der Waals surface area contributed by atoms with Crippen LogP contribution in [0.1, 0.15) is 35.4 Å². The molecule has 2 aromatic rings. The number of benzene rings is 1. The minimum absolute atomic E-state index is 0.0321. The van der Waals surface area contributed by atoms with Crippen molar-refractivity contribution in [3.8, 4) is 0 Å². The van der Waals surface area contributed by atoms with Crippen molar-refractivity contribution in [3.63, 3.8) is 0 Å². The van der Waals surface area contributed by atoms with E-state index in [1.54, 1.807) is 12.3 Å². The molecule has 0 aliphatic carbocycles. The number of hydrogen-bond acceptors (Lipinski definition) is 3. The lowest BCUT2D eigenvalue weighted by Gasteiger charge is -2.12. The number of aryl methyl sites for hydroxylation is 1. The molecule has 1 unspecified atom stereocenters. The molecule has 4 heteroatoms. The highest BCUT2D eigenvalue weighted by Crippen LogP contribution is 2.26. The van der Waals surface area contributed by atoms with Gasteiger partial charge in [-0.1, -0.05) is 49.4 Å². The van der Waals surface area contributed by atoms with E-state index in [0.717, 1.165) is 5.56 Å². The first-order valence-electron chi connectivity index (χ1n) is 6.00. The van der Waals surface area contributed by atoms with Gasteiger partial charge in [0.15, 0.2) is 0 Å². The molecule has 2 rings (SSSR count). The predicted octanol–water partition coefficient (Wildman–Crippen LogP) is 4.56. The molecule has 0 spiro atoms. The van der Waals surface area contributed by atoms with Gasteiger partial charge in [-0.2, -0.15) is 3.89 Å². The minimum Gasteiger partial charge on any atom is -0.240 e. The lowest BCUT2D eigenvalue weighted by molar-refractivity contribution is 0.780. The Balaban J connectivity index is 2.38. The smallest absolute Gasteiger partial charge is 0.140 e. The van der Waals surface area contributed by atoms with Crippen molar-refractivity contribution in [2.45, 2.75) is 24.8 Å². The third-order valence-electron chi connectivity index (χ3n) is 3.02. The Bertz CT molecular complexity index is 598. The highest BCUT2D eigenvalue weighted by molar-refractivity contribution is 7.94. The average molecular weight is 274 g/mol. The monoisotopic (exact) mass is 274 g/mol. The van der Waals surface area contributed by atoms with Crippen molar-refractivity contribution in [3.05, 3.63) is 59.6 Å². The molecule has 0 bridgehead atoms. The van der Waals surface area contributed by atoms with Crippen LogP contribution in [0.2, 0.25) is 0 Å². The average Bonchev–Trinajstić information content (AvgIpc) is 2.45. The van der Waals surface area contributed by atoms with Crippen LogP contribution in [-0.4, -0.2) is 9.97 Å². The van der Waals surface area contributed by atoms with Crippen LogP contribution < -0.4 is 0 Å². The molecule has 1 aromatic carbocycles. The van der Waals surface area contributed by atoms with E-state index in [2.05, 4.69) is 22.6 Å². The maximum absolute atomic E-state index is 12.9. The molecule has 1 heterocycles. The van der Waals surface area contributed by atoms with E-state index in [1.165, 1.54) is 5.56 Å². The summed E-state index contributed by atoms with van der Waals surface area (Å²) in [6.07, 6.45) is 3.17. The fourth-order valence-electron chi connectivity index (χ4n) is 1.89. The van der Waals surface area contributed by atoms with E-state index < -0.39 is 0 Å². The van der Waals surface area contributed by atoms with Gasteiger partial charge in [0.2, 0.25) is 0 Å². The standard InChI is InChI=1S/C15H15FN2S/c1-4-12-9-17-14(18-15(12)19-16)11(3)13-7-5-6-10(2)8-13/h4-9,11H,1H2,2-3H3. The van der Waals surface area contributed by atoms with E-state index >= 15 is 0 Å². The molecule has 98 valence electrons. The van der Waals surface area contributed by atoms with Gasteiger partial charge in [0.25, 0.3) is 0 Å². The topological polar surface area (TPSA) is 25.8 Å². The quantitative estimate of drug-likeness (QED) is 0.764. The largest absolute Gasteiger partial charge is 0.240 e. The second-order valence-electron chi connectivity index (χ2n) is 4.41. The number of aromatic nitrogens is 2. The number of rotatable bonds is 4. The molecule has 0 radical (unpaired) electrons.